The molecule has 0 aromatic heterocycles. The van der Waals surface area contributed by atoms with E-state index >= 15 is 0 Å². The van der Waals surface area contributed by atoms with E-state index in [0.717, 1.165) is 41.5 Å². The highest BCUT2D eigenvalue weighted by molar-refractivity contribution is 5.86. The van der Waals surface area contributed by atoms with Crippen molar-refractivity contribution in [1.29, 1.82) is 0 Å². The molecule has 1 fully saturated rings. The van der Waals surface area contributed by atoms with E-state index in [1.54, 1.807) is 0 Å². The molecule has 2 amide bonds. The number of aliphatic carboxylic acids is 1. The molecule has 3 atom stereocenters. The number of carbonyl (C=O) groups is 3. The third-order valence-electron chi connectivity index (χ3n) is 7.19. The van der Waals surface area contributed by atoms with Crippen LogP contribution in [0.1, 0.15) is 68.9 Å². The van der Waals surface area contributed by atoms with E-state index in [-0.39, 0.29) is 24.5 Å². The summed E-state index contributed by atoms with van der Waals surface area (Å²) in [5.41, 5.74) is 4.61. The standard InChI is InChI=1S/C28H34N2O5/c1-2-10-25(27(32)33)29-26(31)22-15-4-3-5-16-24(22)30-28(34)35-17-23-20-13-8-6-11-18(20)19-12-7-9-14-21(19)23/h6-9,11-14,22-25H,2-5,10,15-17H2,1H3,(H,29,31)(H,30,34)(H,32,33)/t22-,24+,25+/m0/s1. The minimum Gasteiger partial charge on any atom is -0.480 e. The molecule has 2 aliphatic rings. The van der Waals surface area contributed by atoms with Gasteiger partial charge in [-0.1, -0.05) is 81.1 Å². The minimum atomic E-state index is -1.03. The van der Waals surface area contributed by atoms with Crippen LogP contribution in [-0.2, 0) is 14.3 Å². The Balaban J connectivity index is 1.41. The minimum absolute atomic E-state index is 0.0354. The van der Waals surface area contributed by atoms with Crippen LogP contribution in [-0.4, -0.2) is 41.8 Å². The molecule has 0 heterocycles. The molecule has 0 spiro atoms. The number of benzene rings is 2. The van der Waals surface area contributed by atoms with Crippen LogP contribution < -0.4 is 10.6 Å². The number of hydrogen-bond acceptors (Lipinski definition) is 4. The zero-order chi connectivity index (χ0) is 24.8. The molecular formula is C28H34N2O5. The second-order valence-electron chi connectivity index (χ2n) is 9.51. The average Bonchev–Trinajstić information content (AvgIpc) is 2.98. The fourth-order valence-corrected chi connectivity index (χ4v) is 5.41. The summed E-state index contributed by atoms with van der Waals surface area (Å²) in [5.74, 6) is -1.85. The lowest BCUT2D eigenvalue weighted by Crippen LogP contribution is -2.50. The molecule has 4 rings (SSSR count). The Bertz CT molecular complexity index is 1020. The number of carboxylic acids is 1. The Kier molecular flexibility index (Phi) is 8.06. The maximum atomic E-state index is 13.0. The Morgan fingerprint density at radius 2 is 1.60 bits per heavy atom. The van der Waals surface area contributed by atoms with Gasteiger partial charge in [-0.15, -0.1) is 0 Å². The van der Waals surface area contributed by atoms with Gasteiger partial charge in [0.1, 0.15) is 12.6 Å². The fraction of sp³-hybridized carbons (Fsp3) is 0.464. The number of amides is 2. The van der Waals surface area contributed by atoms with Crippen LogP contribution in [0.3, 0.4) is 0 Å². The Labute approximate surface area is 206 Å². The lowest BCUT2D eigenvalue weighted by Gasteiger charge is -2.27. The lowest BCUT2D eigenvalue weighted by atomic mass is 9.93. The molecule has 0 saturated heterocycles. The van der Waals surface area contributed by atoms with Crippen molar-refractivity contribution in [3.8, 4) is 11.1 Å². The normalized spacial score (nSPS) is 20.1. The highest BCUT2D eigenvalue weighted by Crippen LogP contribution is 2.44. The molecule has 0 aliphatic heterocycles. The second kappa shape index (κ2) is 11.4. The molecule has 0 unspecified atom stereocenters. The van der Waals surface area contributed by atoms with Crippen molar-refractivity contribution < 1.29 is 24.2 Å². The molecule has 7 nitrogen and oxygen atoms in total. The quantitative estimate of drug-likeness (QED) is 0.471. The van der Waals surface area contributed by atoms with Gasteiger partial charge in [0.05, 0.1) is 5.92 Å². The molecule has 2 aromatic rings. The van der Waals surface area contributed by atoms with Crippen molar-refractivity contribution in [2.45, 2.75) is 69.9 Å². The van der Waals surface area contributed by atoms with Gasteiger partial charge < -0.3 is 20.5 Å². The van der Waals surface area contributed by atoms with Crippen LogP contribution in [0.15, 0.2) is 48.5 Å². The molecule has 186 valence electrons. The number of carboxylic acid groups (broad SMARTS) is 1. The zero-order valence-corrected chi connectivity index (χ0v) is 20.2. The first kappa shape index (κ1) is 24.8. The van der Waals surface area contributed by atoms with Crippen molar-refractivity contribution in [1.82, 2.24) is 10.6 Å². The van der Waals surface area contributed by atoms with Crippen molar-refractivity contribution in [3.05, 3.63) is 59.7 Å². The first-order valence-corrected chi connectivity index (χ1v) is 12.6. The first-order valence-electron chi connectivity index (χ1n) is 12.6. The van der Waals surface area contributed by atoms with Crippen LogP contribution in [0, 0.1) is 5.92 Å². The third-order valence-corrected chi connectivity index (χ3v) is 7.19. The molecule has 7 heteroatoms. The van der Waals surface area contributed by atoms with Gasteiger partial charge in [0.15, 0.2) is 0 Å². The second-order valence-corrected chi connectivity index (χ2v) is 9.51. The van der Waals surface area contributed by atoms with Gasteiger partial charge in [-0.05, 0) is 41.5 Å². The van der Waals surface area contributed by atoms with Crippen LogP contribution in [0.5, 0.6) is 0 Å². The predicted octanol–water partition coefficient (Wildman–Crippen LogP) is 4.84. The lowest BCUT2D eigenvalue weighted by molar-refractivity contribution is -0.142. The van der Waals surface area contributed by atoms with E-state index in [0.29, 0.717) is 25.7 Å². The van der Waals surface area contributed by atoms with E-state index in [1.165, 1.54) is 0 Å². The molecular weight excluding hydrogens is 444 g/mol. The fourth-order valence-electron chi connectivity index (χ4n) is 5.41. The summed E-state index contributed by atoms with van der Waals surface area (Å²) in [4.78, 5) is 37.4. The summed E-state index contributed by atoms with van der Waals surface area (Å²) < 4.78 is 5.69. The van der Waals surface area contributed by atoms with E-state index in [4.69, 9.17) is 4.74 Å². The zero-order valence-electron chi connectivity index (χ0n) is 20.2. The van der Waals surface area contributed by atoms with Crippen LogP contribution >= 0.6 is 0 Å². The molecule has 1 saturated carbocycles. The first-order chi connectivity index (χ1) is 17.0. The average molecular weight is 479 g/mol. The Morgan fingerprint density at radius 1 is 0.971 bits per heavy atom. The number of carbonyl (C=O) groups excluding carboxylic acids is 2. The van der Waals surface area contributed by atoms with Gasteiger partial charge in [-0.3, -0.25) is 4.79 Å². The number of rotatable bonds is 8. The number of fused-ring (bicyclic) bond motifs is 3. The molecule has 2 aliphatic carbocycles. The number of alkyl carbamates (subject to hydrolysis) is 1. The van der Waals surface area contributed by atoms with Crippen molar-refractivity contribution >= 4 is 18.0 Å². The molecule has 0 radical (unpaired) electrons. The number of nitrogens with one attached hydrogen (secondary N) is 2. The van der Waals surface area contributed by atoms with Gasteiger partial charge in [0.2, 0.25) is 5.91 Å². The van der Waals surface area contributed by atoms with E-state index in [9.17, 15) is 19.5 Å². The maximum Gasteiger partial charge on any atom is 0.407 e. The van der Waals surface area contributed by atoms with E-state index < -0.39 is 24.0 Å². The summed E-state index contributed by atoms with van der Waals surface area (Å²) in [5, 5.41) is 15.0. The summed E-state index contributed by atoms with van der Waals surface area (Å²) in [6.45, 7) is 2.09. The largest absolute Gasteiger partial charge is 0.480 e. The smallest absolute Gasteiger partial charge is 0.407 e. The van der Waals surface area contributed by atoms with Crippen LogP contribution in [0.2, 0.25) is 0 Å². The SMILES string of the molecule is CCC[C@@H](NC(=O)[C@H]1CCCCC[C@H]1NC(=O)OCC1c2ccccc2-c2ccccc21)C(=O)O. The Hall–Kier alpha value is -3.35. The highest BCUT2D eigenvalue weighted by atomic mass is 16.5. The van der Waals surface area contributed by atoms with Gasteiger partial charge in [-0.25, -0.2) is 9.59 Å². The molecule has 0 bridgehead atoms. The summed E-state index contributed by atoms with van der Waals surface area (Å²) in [7, 11) is 0. The predicted molar refractivity (Wildman–Crippen MR) is 133 cm³/mol. The van der Waals surface area contributed by atoms with Crippen LogP contribution in [0.4, 0.5) is 4.79 Å². The summed E-state index contributed by atoms with van der Waals surface area (Å²) >= 11 is 0. The Morgan fingerprint density at radius 3 is 2.23 bits per heavy atom. The number of ether oxygens (including phenoxy) is 1. The highest BCUT2D eigenvalue weighted by Gasteiger charge is 2.34. The van der Waals surface area contributed by atoms with Crippen LogP contribution in [0.25, 0.3) is 11.1 Å². The van der Waals surface area contributed by atoms with Gasteiger partial charge >= 0.3 is 12.1 Å². The van der Waals surface area contributed by atoms with Gasteiger partial charge in [0, 0.05) is 12.0 Å². The molecule has 35 heavy (non-hydrogen) atoms. The number of hydrogen-bond donors (Lipinski definition) is 3. The van der Waals surface area contributed by atoms with E-state index in [1.807, 2.05) is 31.2 Å². The van der Waals surface area contributed by atoms with Gasteiger partial charge in [-0.2, -0.15) is 0 Å². The topological polar surface area (TPSA) is 105 Å². The van der Waals surface area contributed by atoms with Crippen molar-refractivity contribution in [2.75, 3.05) is 6.61 Å². The molecule has 2 aromatic carbocycles. The monoisotopic (exact) mass is 478 g/mol. The molecule has 3 N–H and O–H groups in total. The van der Waals surface area contributed by atoms with E-state index in [2.05, 4.69) is 34.9 Å². The van der Waals surface area contributed by atoms with Crippen molar-refractivity contribution in [3.63, 3.8) is 0 Å². The summed E-state index contributed by atoms with van der Waals surface area (Å²) in [6, 6.07) is 15.0. The summed E-state index contributed by atoms with van der Waals surface area (Å²) in [6.07, 6.45) is 4.50. The third kappa shape index (κ3) is 5.66. The van der Waals surface area contributed by atoms with Gasteiger partial charge in [0.25, 0.3) is 0 Å². The van der Waals surface area contributed by atoms with Crippen molar-refractivity contribution in [2.24, 2.45) is 5.92 Å². The maximum absolute atomic E-state index is 13.0.